The molecule has 124 valence electrons. The first-order valence-corrected chi connectivity index (χ1v) is 7.65. The predicted octanol–water partition coefficient (Wildman–Crippen LogP) is 3.54. The van der Waals surface area contributed by atoms with E-state index >= 15 is 0 Å². The van der Waals surface area contributed by atoms with Crippen LogP contribution in [0.1, 0.15) is 13.8 Å². The van der Waals surface area contributed by atoms with Gasteiger partial charge < -0.3 is 14.2 Å². The molecule has 0 N–H and O–H groups in total. The van der Waals surface area contributed by atoms with Crippen molar-refractivity contribution in [1.29, 1.82) is 0 Å². The van der Waals surface area contributed by atoms with Crippen LogP contribution in [0.5, 0.6) is 11.5 Å². The Kier molecular flexibility index (Phi) is 4.65. The maximum atomic E-state index is 11.3. The van der Waals surface area contributed by atoms with E-state index in [1.807, 2.05) is 62.4 Å². The van der Waals surface area contributed by atoms with E-state index in [-0.39, 0.29) is 12.2 Å². The van der Waals surface area contributed by atoms with Crippen molar-refractivity contribution < 1.29 is 19.0 Å². The molecular formula is C18H18N2O4. The van der Waals surface area contributed by atoms with Crippen molar-refractivity contribution in [1.82, 2.24) is 0 Å². The molecule has 0 saturated carbocycles. The summed E-state index contributed by atoms with van der Waals surface area (Å²) in [5.41, 5.74) is 0.669. The molecule has 1 aliphatic rings. The Balaban J connectivity index is 1.82. The fourth-order valence-corrected chi connectivity index (χ4v) is 2.18. The lowest BCUT2D eigenvalue weighted by molar-refractivity contribution is -0.114. The molecule has 0 radical (unpaired) electrons. The number of carbonyl (C=O) groups excluding carboxylic acids is 1. The first kappa shape index (κ1) is 15.9. The Morgan fingerprint density at radius 2 is 1.88 bits per heavy atom. The normalized spacial score (nSPS) is 16.5. The van der Waals surface area contributed by atoms with Gasteiger partial charge in [-0.3, -0.25) is 4.79 Å². The Hall–Kier alpha value is -3.02. The van der Waals surface area contributed by atoms with E-state index in [1.54, 1.807) is 6.07 Å². The molecule has 2 aromatic rings. The molecule has 1 unspecified atom stereocenters. The van der Waals surface area contributed by atoms with Gasteiger partial charge in [0.15, 0.2) is 6.29 Å². The molecular weight excluding hydrogens is 308 g/mol. The second-order valence-corrected chi connectivity index (χ2v) is 5.43. The highest BCUT2D eigenvalue weighted by atomic mass is 16.7. The minimum Gasteiger partial charge on any atom is -0.457 e. The highest BCUT2D eigenvalue weighted by Crippen LogP contribution is 2.29. The lowest BCUT2D eigenvalue weighted by Crippen LogP contribution is -2.29. The summed E-state index contributed by atoms with van der Waals surface area (Å²) >= 11 is 0. The van der Waals surface area contributed by atoms with Crippen LogP contribution in [0.15, 0.2) is 59.7 Å². The van der Waals surface area contributed by atoms with Gasteiger partial charge in [0.2, 0.25) is 0 Å². The Bertz CT molecular complexity index is 731. The standard InChI is InChI=1S/C18H18N2O4/c1-13(2)22-18-19-20(17(12-21)24-18)14-7-6-10-16(11-14)23-15-8-4-3-5-9-15/h3-13,17H,1-2H3. The summed E-state index contributed by atoms with van der Waals surface area (Å²) in [5, 5.41) is 5.68. The van der Waals surface area contributed by atoms with Crippen molar-refractivity contribution in [3.63, 3.8) is 0 Å². The molecule has 1 aliphatic heterocycles. The summed E-state index contributed by atoms with van der Waals surface area (Å²) in [6, 6.07) is 16.7. The summed E-state index contributed by atoms with van der Waals surface area (Å²) in [6.07, 6.45) is -0.198. The minimum atomic E-state index is -0.856. The van der Waals surface area contributed by atoms with Gasteiger partial charge in [-0.25, -0.2) is 5.01 Å². The second-order valence-electron chi connectivity index (χ2n) is 5.43. The smallest absolute Gasteiger partial charge is 0.408 e. The first-order valence-electron chi connectivity index (χ1n) is 7.65. The quantitative estimate of drug-likeness (QED) is 0.787. The van der Waals surface area contributed by atoms with Crippen LogP contribution in [0, 0.1) is 0 Å². The number of hydrogen-bond acceptors (Lipinski definition) is 6. The molecule has 1 heterocycles. The van der Waals surface area contributed by atoms with Gasteiger partial charge in [0.05, 0.1) is 11.8 Å². The Morgan fingerprint density at radius 1 is 1.12 bits per heavy atom. The van der Waals surface area contributed by atoms with E-state index in [0.29, 0.717) is 17.7 Å². The fourth-order valence-electron chi connectivity index (χ4n) is 2.18. The third kappa shape index (κ3) is 3.65. The lowest BCUT2D eigenvalue weighted by Gasteiger charge is -2.17. The van der Waals surface area contributed by atoms with E-state index in [9.17, 15) is 4.79 Å². The number of ether oxygens (including phenoxy) is 3. The molecule has 0 amide bonds. The number of hydrazone groups is 1. The van der Waals surface area contributed by atoms with Crippen LogP contribution in [0.3, 0.4) is 0 Å². The molecule has 0 saturated heterocycles. The number of benzene rings is 2. The van der Waals surface area contributed by atoms with E-state index in [2.05, 4.69) is 5.10 Å². The maximum absolute atomic E-state index is 11.3. The second kappa shape index (κ2) is 7.04. The third-order valence-electron chi connectivity index (χ3n) is 3.17. The van der Waals surface area contributed by atoms with Gasteiger partial charge in [0.1, 0.15) is 11.5 Å². The van der Waals surface area contributed by atoms with Crippen LogP contribution in [0.25, 0.3) is 0 Å². The van der Waals surface area contributed by atoms with Crippen LogP contribution in [-0.2, 0) is 14.3 Å². The number of nitrogens with zero attached hydrogens (tertiary/aromatic N) is 2. The highest BCUT2D eigenvalue weighted by Gasteiger charge is 2.30. The molecule has 6 nitrogen and oxygen atoms in total. The molecule has 0 aromatic heterocycles. The first-order chi connectivity index (χ1) is 11.7. The number of carbonyl (C=O) groups is 1. The maximum Gasteiger partial charge on any atom is 0.408 e. The Morgan fingerprint density at radius 3 is 2.58 bits per heavy atom. The summed E-state index contributed by atoms with van der Waals surface area (Å²) in [6.45, 7) is 3.72. The van der Waals surface area contributed by atoms with Crippen LogP contribution in [0.4, 0.5) is 5.69 Å². The van der Waals surface area contributed by atoms with Gasteiger partial charge in [-0.05, 0) is 38.1 Å². The molecule has 24 heavy (non-hydrogen) atoms. The number of para-hydroxylation sites is 1. The largest absolute Gasteiger partial charge is 0.457 e. The van der Waals surface area contributed by atoms with Crippen molar-refractivity contribution in [3.8, 4) is 11.5 Å². The van der Waals surface area contributed by atoms with Gasteiger partial charge in [-0.15, -0.1) is 0 Å². The average molecular weight is 326 g/mol. The molecule has 0 aliphatic carbocycles. The molecule has 3 rings (SSSR count). The number of aldehydes is 1. The Labute approximate surface area is 140 Å². The van der Waals surface area contributed by atoms with Gasteiger partial charge in [0.25, 0.3) is 6.23 Å². The van der Waals surface area contributed by atoms with E-state index in [4.69, 9.17) is 14.2 Å². The summed E-state index contributed by atoms with van der Waals surface area (Å²) in [7, 11) is 0. The zero-order chi connectivity index (χ0) is 16.9. The molecule has 2 aromatic carbocycles. The van der Waals surface area contributed by atoms with Gasteiger partial charge >= 0.3 is 6.08 Å². The minimum absolute atomic E-state index is 0.0801. The zero-order valence-electron chi connectivity index (χ0n) is 13.5. The van der Waals surface area contributed by atoms with Crippen LogP contribution in [-0.4, -0.2) is 24.7 Å². The van der Waals surface area contributed by atoms with Crippen molar-refractivity contribution in [3.05, 3.63) is 54.6 Å². The molecule has 0 spiro atoms. The fraction of sp³-hybridized carbons (Fsp3) is 0.222. The van der Waals surface area contributed by atoms with Crippen molar-refractivity contribution in [2.24, 2.45) is 5.10 Å². The van der Waals surface area contributed by atoms with Gasteiger partial charge in [0, 0.05) is 6.07 Å². The van der Waals surface area contributed by atoms with E-state index in [1.165, 1.54) is 5.01 Å². The van der Waals surface area contributed by atoms with Crippen molar-refractivity contribution >= 4 is 18.1 Å². The van der Waals surface area contributed by atoms with Gasteiger partial charge in [-0.1, -0.05) is 29.4 Å². The SMILES string of the molecule is CC(C)OC1=NN(c2cccc(Oc3ccccc3)c2)C(C=O)O1. The van der Waals surface area contributed by atoms with Crippen LogP contribution >= 0.6 is 0 Å². The van der Waals surface area contributed by atoms with Crippen molar-refractivity contribution in [2.75, 3.05) is 5.01 Å². The summed E-state index contributed by atoms with van der Waals surface area (Å²) in [5.74, 6) is 1.36. The average Bonchev–Trinajstić information content (AvgIpc) is 2.98. The van der Waals surface area contributed by atoms with E-state index < -0.39 is 6.23 Å². The predicted molar refractivity (Wildman–Crippen MR) is 90.0 cm³/mol. The monoisotopic (exact) mass is 326 g/mol. The number of anilines is 1. The van der Waals surface area contributed by atoms with Crippen LogP contribution in [0.2, 0.25) is 0 Å². The number of hydrogen-bond donors (Lipinski definition) is 0. The zero-order valence-corrected chi connectivity index (χ0v) is 13.5. The van der Waals surface area contributed by atoms with Gasteiger partial charge in [-0.2, -0.15) is 0 Å². The summed E-state index contributed by atoms with van der Waals surface area (Å²) in [4.78, 5) is 11.3. The van der Waals surface area contributed by atoms with E-state index in [0.717, 1.165) is 5.75 Å². The van der Waals surface area contributed by atoms with Crippen LogP contribution < -0.4 is 9.75 Å². The summed E-state index contributed by atoms with van der Waals surface area (Å²) < 4.78 is 16.6. The lowest BCUT2D eigenvalue weighted by atomic mass is 10.3. The third-order valence-corrected chi connectivity index (χ3v) is 3.17. The molecule has 0 fully saturated rings. The highest BCUT2D eigenvalue weighted by molar-refractivity contribution is 5.78. The molecule has 1 atom stereocenters. The number of rotatable bonds is 5. The molecule has 6 heteroatoms. The topological polar surface area (TPSA) is 60.4 Å². The molecule has 0 bridgehead atoms. The van der Waals surface area contributed by atoms with Crippen molar-refractivity contribution in [2.45, 2.75) is 26.2 Å².